The molecular weight excluding hydrogens is 288 g/mol. The van der Waals surface area contributed by atoms with Crippen molar-refractivity contribution in [2.45, 2.75) is 39.7 Å². The van der Waals surface area contributed by atoms with Crippen LogP contribution in [0.2, 0.25) is 0 Å². The molecule has 0 aliphatic carbocycles. The first kappa shape index (κ1) is 16.1. The van der Waals surface area contributed by atoms with Crippen molar-refractivity contribution in [3.05, 3.63) is 46.3 Å². The van der Waals surface area contributed by atoms with Gasteiger partial charge in [0.2, 0.25) is 0 Å². The first-order valence-electron chi connectivity index (χ1n) is 7.35. The van der Waals surface area contributed by atoms with E-state index < -0.39 is 0 Å². The molecule has 1 aromatic carbocycles. The maximum absolute atomic E-state index is 14.0. The summed E-state index contributed by atoms with van der Waals surface area (Å²) in [6.07, 6.45) is 2.12. The van der Waals surface area contributed by atoms with E-state index in [0.29, 0.717) is 11.1 Å². The van der Waals surface area contributed by atoms with Crippen molar-refractivity contribution in [1.29, 1.82) is 0 Å². The van der Waals surface area contributed by atoms with E-state index in [2.05, 4.69) is 19.2 Å². The third-order valence-electron chi connectivity index (χ3n) is 3.51. The maximum atomic E-state index is 14.0. The van der Waals surface area contributed by atoms with Crippen LogP contribution in [0.1, 0.15) is 43.2 Å². The van der Waals surface area contributed by atoms with Gasteiger partial charge in [-0.15, -0.1) is 11.3 Å². The van der Waals surface area contributed by atoms with Crippen molar-refractivity contribution in [3.63, 3.8) is 0 Å². The van der Waals surface area contributed by atoms with Crippen LogP contribution in [0.4, 0.5) is 8.78 Å². The van der Waals surface area contributed by atoms with Gasteiger partial charge in [0.05, 0.1) is 0 Å². The standard InChI is InChI=1S/C17H21F2NS/c1-4-6-15(20-5-2)17-8-7-16(21-17)12-10-13(18)11(3)9-14(12)19/h7-10,15,20H,4-6H2,1-3H3. The lowest BCUT2D eigenvalue weighted by Crippen LogP contribution is -2.19. The summed E-state index contributed by atoms with van der Waals surface area (Å²) < 4.78 is 27.7. The van der Waals surface area contributed by atoms with E-state index in [0.717, 1.165) is 24.3 Å². The highest BCUT2D eigenvalue weighted by Gasteiger charge is 2.15. The van der Waals surface area contributed by atoms with Gasteiger partial charge in [-0.25, -0.2) is 8.78 Å². The zero-order valence-electron chi connectivity index (χ0n) is 12.7. The molecule has 1 N–H and O–H groups in total. The molecule has 0 amide bonds. The SMILES string of the molecule is CCCC(NCC)c1ccc(-c2cc(F)c(C)cc2F)s1. The molecule has 0 aliphatic heterocycles. The predicted molar refractivity (Wildman–Crippen MR) is 85.7 cm³/mol. The predicted octanol–water partition coefficient (Wildman–Crippen LogP) is 5.45. The molecule has 0 saturated heterocycles. The Hall–Kier alpha value is -1.26. The second-order valence-corrected chi connectivity index (χ2v) is 6.30. The number of thiophene rings is 1. The minimum atomic E-state index is -0.363. The van der Waals surface area contributed by atoms with Gasteiger partial charge in [-0.2, -0.15) is 0 Å². The summed E-state index contributed by atoms with van der Waals surface area (Å²) in [4.78, 5) is 1.95. The second-order valence-electron chi connectivity index (χ2n) is 5.18. The van der Waals surface area contributed by atoms with Gasteiger partial charge in [0.25, 0.3) is 0 Å². The quantitative estimate of drug-likeness (QED) is 0.748. The Labute approximate surface area is 129 Å². The van der Waals surface area contributed by atoms with Crippen molar-refractivity contribution in [2.24, 2.45) is 0 Å². The van der Waals surface area contributed by atoms with Crippen molar-refractivity contribution < 1.29 is 8.78 Å². The summed E-state index contributed by atoms with van der Waals surface area (Å²) in [6, 6.07) is 6.74. The molecule has 114 valence electrons. The van der Waals surface area contributed by atoms with Crippen molar-refractivity contribution >= 4 is 11.3 Å². The molecule has 1 aromatic heterocycles. The lowest BCUT2D eigenvalue weighted by atomic mass is 10.1. The van der Waals surface area contributed by atoms with Crippen LogP contribution >= 0.6 is 11.3 Å². The van der Waals surface area contributed by atoms with E-state index >= 15 is 0 Å². The van der Waals surface area contributed by atoms with Crippen LogP contribution in [0.25, 0.3) is 10.4 Å². The van der Waals surface area contributed by atoms with Crippen LogP contribution in [0.3, 0.4) is 0 Å². The molecule has 0 saturated carbocycles. The molecule has 0 radical (unpaired) electrons. The minimum absolute atomic E-state index is 0.289. The molecule has 1 atom stereocenters. The molecule has 1 heterocycles. The number of nitrogens with one attached hydrogen (secondary N) is 1. The second kappa shape index (κ2) is 7.14. The highest BCUT2D eigenvalue weighted by atomic mass is 32.1. The molecule has 21 heavy (non-hydrogen) atoms. The molecule has 4 heteroatoms. The van der Waals surface area contributed by atoms with Gasteiger partial charge in [-0.05, 0) is 49.7 Å². The number of hydrogen-bond acceptors (Lipinski definition) is 2. The molecule has 1 unspecified atom stereocenters. The van der Waals surface area contributed by atoms with E-state index in [1.165, 1.54) is 28.3 Å². The van der Waals surface area contributed by atoms with Gasteiger partial charge in [0.15, 0.2) is 0 Å². The first-order valence-corrected chi connectivity index (χ1v) is 8.17. The van der Waals surface area contributed by atoms with Gasteiger partial charge < -0.3 is 5.32 Å². The smallest absolute Gasteiger partial charge is 0.132 e. The fourth-order valence-corrected chi connectivity index (χ4v) is 3.54. The summed E-state index contributed by atoms with van der Waals surface area (Å²) in [7, 11) is 0. The average molecular weight is 309 g/mol. The third-order valence-corrected chi connectivity index (χ3v) is 4.74. The Morgan fingerprint density at radius 1 is 1.14 bits per heavy atom. The van der Waals surface area contributed by atoms with Crippen molar-refractivity contribution in [3.8, 4) is 10.4 Å². The molecule has 2 rings (SSSR count). The van der Waals surface area contributed by atoms with Crippen LogP contribution in [-0.2, 0) is 0 Å². The van der Waals surface area contributed by atoms with Crippen LogP contribution in [-0.4, -0.2) is 6.54 Å². The Morgan fingerprint density at radius 2 is 1.90 bits per heavy atom. The Bertz CT molecular complexity index is 601. The molecule has 0 fully saturated rings. The van der Waals surface area contributed by atoms with Crippen LogP contribution in [0, 0.1) is 18.6 Å². The number of aryl methyl sites for hydroxylation is 1. The summed E-state index contributed by atoms with van der Waals surface area (Å²) in [5.74, 6) is -0.726. The number of halogens is 2. The van der Waals surface area contributed by atoms with Gasteiger partial charge >= 0.3 is 0 Å². The van der Waals surface area contributed by atoms with E-state index in [1.807, 2.05) is 12.1 Å². The van der Waals surface area contributed by atoms with Gasteiger partial charge in [-0.3, -0.25) is 0 Å². The first-order chi connectivity index (χ1) is 10.1. The van der Waals surface area contributed by atoms with Crippen LogP contribution < -0.4 is 5.32 Å². The molecule has 2 aromatic rings. The summed E-state index contributed by atoms with van der Waals surface area (Å²) in [5, 5.41) is 3.44. The Morgan fingerprint density at radius 3 is 2.57 bits per heavy atom. The number of hydrogen-bond donors (Lipinski definition) is 1. The topological polar surface area (TPSA) is 12.0 Å². The van der Waals surface area contributed by atoms with Crippen LogP contribution in [0.15, 0.2) is 24.3 Å². The van der Waals surface area contributed by atoms with Crippen LogP contribution in [0.5, 0.6) is 0 Å². The Kier molecular flexibility index (Phi) is 5.48. The third kappa shape index (κ3) is 3.69. The van der Waals surface area contributed by atoms with Crippen molar-refractivity contribution in [2.75, 3.05) is 6.54 Å². The summed E-state index contributed by atoms with van der Waals surface area (Å²) in [5.41, 5.74) is 0.686. The zero-order valence-corrected chi connectivity index (χ0v) is 13.5. The number of rotatable bonds is 6. The maximum Gasteiger partial charge on any atom is 0.132 e. The summed E-state index contributed by atoms with van der Waals surface area (Å²) >= 11 is 1.53. The molecule has 0 bridgehead atoms. The largest absolute Gasteiger partial charge is 0.310 e. The normalized spacial score (nSPS) is 12.6. The molecule has 0 spiro atoms. The lowest BCUT2D eigenvalue weighted by molar-refractivity contribution is 0.516. The number of benzene rings is 1. The van der Waals surface area contributed by atoms with E-state index in [9.17, 15) is 8.78 Å². The van der Waals surface area contributed by atoms with Gasteiger partial charge in [0, 0.05) is 21.4 Å². The minimum Gasteiger partial charge on any atom is -0.310 e. The van der Waals surface area contributed by atoms with Gasteiger partial charge in [0.1, 0.15) is 11.6 Å². The van der Waals surface area contributed by atoms with E-state index in [4.69, 9.17) is 0 Å². The summed E-state index contributed by atoms with van der Waals surface area (Å²) in [6.45, 7) is 6.69. The van der Waals surface area contributed by atoms with E-state index in [-0.39, 0.29) is 17.7 Å². The Balaban J connectivity index is 2.33. The molecule has 1 nitrogen and oxygen atoms in total. The molecule has 0 aliphatic rings. The van der Waals surface area contributed by atoms with Gasteiger partial charge in [-0.1, -0.05) is 20.3 Å². The monoisotopic (exact) mass is 309 g/mol. The fraction of sp³-hybridized carbons (Fsp3) is 0.412. The highest BCUT2D eigenvalue weighted by molar-refractivity contribution is 7.15. The zero-order chi connectivity index (χ0) is 15.4. The fourth-order valence-electron chi connectivity index (χ4n) is 2.40. The molecular formula is C17H21F2NS. The highest BCUT2D eigenvalue weighted by Crippen LogP contribution is 2.35. The average Bonchev–Trinajstić information content (AvgIpc) is 2.92. The van der Waals surface area contributed by atoms with E-state index in [1.54, 1.807) is 6.92 Å². The lowest BCUT2D eigenvalue weighted by Gasteiger charge is -2.15. The van der Waals surface area contributed by atoms with Crippen molar-refractivity contribution in [1.82, 2.24) is 5.32 Å².